The highest BCUT2D eigenvalue weighted by atomic mass is 16.5. The average molecular weight is 243 g/mol. The summed E-state index contributed by atoms with van der Waals surface area (Å²) in [5.74, 6) is 0. The maximum atomic E-state index is 11.1. The zero-order valence-corrected chi connectivity index (χ0v) is 9.76. The minimum absolute atomic E-state index is 0.0312. The normalized spacial score (nSPS) is 10.0. The van der Waals surface area contributed by atoms with Gasteiger partial charge in [-0.2, -0.15) is 0 Å². The van der Waals surface area contributed by atoms with E-state index >= 15 is 0 Å². The van der Waals surface area contributed by atoms with E-state index in [1.165, 1.54) is 0 Å². The minimum Gasteiger partial charge on any atom is -0.445 e. The summed E-state index contributed by atoms with van der Waals surface area (Å²) in [6.07, 6.45) is 0.0207. The van der Waals surface area contributed by atoms with Crippen LogP contribution in [0.3, 0.4) is 0 Å². The highest BCUT2D eigenvalue weighted by molar-refractivity contribution is 5.83. The second-order valence-corrected chi connectivity index (χ2v) is 3.81. The molecule has 1 amide bonds. The Morgan fingerprint density at radius 1 is 1.17 bits per heavy atom. The first-order valence-electron chi connectivity index (χ1n) is 5.61. The summed E-state index contributed by atoms with van der Waals surface area (Å²) in [4.78, 5) is 21.2. The monoisotopic (exact) mass is 243 g/mol. The molecule has 0 atom stereocenters. The lowest BCUT2D eigenvalue weighted by Crippen LogP contribution is -2.25. The molecule has 0 aliphatic heterocycles. The number of aldehydes is 1. The van der Waals surface area contributed by atoms with Gasteiger partial charge in [-0.1, -0.05) is 36.4 Å². The molecule has 0 radical (unpaired) electrons. The van der Waals surface area contributed by atoms with Crippen LogP contribution in [0.25, 0.3) is 10.8 Å². The summed E-state index contributed by atoms with van der Waals surface area (Å²) in [5, 5.41) is 4.56. The molecule has 0 saturated carbocycles. The van der Waals surface area contributed by atoms with Crippen molar-refractivity contribution < 1.29 is 14.3 Å². The predicted molar refractivity (Wildman–Crippen MR) is 68.2 cm³/mol. The number of hydrogen-bond donors (Lipinski definition) is 1. The van der Waals surface area contributed by atoms with Gasteiger partial charge in [0.05, 0.1) is 6.54 Å². The fourth-order valence-corrected chi connectivity index (χ4v) is 1.65. The van der Waals surface area contributed by atoms with Gasteiger partial charge in [0.2, 0.25) is 0 Å². The van der Waals surface area contributed by atoms with Crippen molar-refractivity contribution in [3.63, 3.8) is 0 Å². The van der Waals surface area contributed by atoms with E-state index in [1.54, 1.807) is 0 Å². The number of amides is 1. The topological polar surface area (TPSA) is 55.4 Å². The molecule has 0 bridgehead atoms. The molecule has 0 fully saturated rings. The fourth-order valence-electron chi connectivity index (χ4n) is 1.65. The van der Waals surface area contributed by atoms with Crippen LogP contribution < -0.4 is 5.32 Å². The van der Waals surface area contributed by atoms with Crippen LogP contribution in [0.4, 0.5) is 4.79 Å². The van der Waals surface area contributed by atoms with Crippen molar-refractivity contribution in [3.05, 3.63) is 48.0 Å². The van der Waals surface area contributed by atoms with Crippen LogP contribution in [-0.4, -0.2) is 18.9 Å². The average Bonchev–Trinajstić information content (AvgIpc) is 2.42. The van der Waals surface area contributed by atoms with Crippen molar-refractivity contribution in [1.82, 2.24) is 5.32 Å². The standard InChI is InChI=1S/C14H13NO3/c16-8-7-15-14(17)18-10-11-5-6-12-3-1-2-4-13(12)9-11/h1-6,8-9H,7,10H2,(H,15,17). The van der Waals surface area contributed by atoms with E-state index in [2.05, 4.69) is 5.32 Å². The van der Waals surface area contributed by atoms with E-state index in [9.17, 15) is 9.59 Å². The largest absolute Gasteiger partial charge is 0.445 e. The molecular weight excluding hydrogens is 230 g/mol. The zero-order valence-electron chi connectivity index (χ0n) is 9.76. The summed E-state index contributed by atoms with van der Waals surface area (Å²) < 4.78 is 4.97. The number of ether oxygens (including phenoxy) is 1. The van der Waals surface area contributed by atoms with Gasteiger partial charge in [0, 0.05) is 0 Å². The van der Waals surface area contributed by atoms with Crippen LogP contribution in [0, 0.1) is 0 Å². The Labute approximate surface area is 105 Å². The molecule has 18 heavy (non-hydrogen) atoms. The SMILES string of the molecule is O=CCNC(=O)OCc1ccc2ccccc2c1. The molecule has 2 aromatic rings. The molecule has 0 saturated heterocycles. The maximum Gasteiger partial charge on any atom is 0.407 e. The molecule has 2 rings (SSSR count). The van der Waals surface area contributed by atoms with E-state index in [-0.39, 0.29) is 13.2 Å². The second-order valence-electron chi connectivity index (χ2n) is 3.81. The number of alkyl carbamates (subject to hydrolysis) is 1. The highest BCUT2D eigenvalue weighted by Crippen LogP contribution is 2.16. The number of rotatable bonds is 4. The molecule has 0 aromatic heterocycles. The fraction of sp³-hybridized carbons (Fsp3) is 0.143. The third-order valence-electron chi connectivity index (χ3n) is 2.51. The Bertz CT molecular complexity index is 566. The number of carbonyl (C=O) groups is 2. The predicted octanol–water partition coefficient (Wildman–Crippen LogP) is 2.26. The van der Waals surface area contributed by atoms with Gasteiger partial charge >= 0.3 is 6.09 Å². The van der Waals surface area contributed by atoms with Crippen LogP contribution in [0.2, 0.25) is 0 Å². The summed E-state index contributed by atoms with van der Waals surface area (Å²) in [7, 11) is 0. The van der Waals surface area contributed by atoms with Gasteiger partial charge in [-0.05, 0) is 22.4 Å². The molecule has 2 aromatic carbocycles. The molecular formula is C14H13NO3. The maximum absolute atomic E-state index is 11.1. The first-order valence-corrected chi connectivity index (χ1v) is 5.61. The van der Waals surface area contributed by atoms with E-state index in [1.807, 2.05) is 42.5 Å². The Balaban J connectivity index is 1.99. The minimum atomic E-state index is -0.588. The number of fused-ring (bicyclic) bond motifs is 1. The number of benzene rings is 2. The molecule has 1 N–H and O–H groups in total. The van der Waals surface area contributed by atoms with Gasteiger partial charge < -0.3 is 14.8 Å². The van der Waals surface area contributed by atoms with Crippen molar-refractivity contribution in [2.24, 2.45) is 0 Å². The first kappa shape index (κ1) is 12.1. The molecule has 0 heterocycles. The van der Waals surface area contributed by atoms with Gasteiger partial charge in [-0.3, -0.25) is 0 Å². The van der Waals surface area contributed by atoms with Crippen LogP contribution in [0.5, 0.6) is 0 Å². The van der Waals surface area contributed by atoms with E-state index in [0.29, 0.717) is 6.29 Å². The molecule has 4 nitrogen and oxygen atoms in total. The summed E-state index contributed by atoms with van der Waals surface area (Å²) in [6.45, 7) is 0.159. The van der Waals surface area contributed by atoms with Crippen molar-refractivity contribution in [2.45, 2.75) is 6.61 Å². The van der Waals surface area contributed by atoms with Gasteiger partial charge in [0.1, 0.15) is 12.9 Å². The second kappa shape index (κ2) is 5.82. The zero-order chi connectivity index (χ0) is 12.8. The lowest BCUT2D eigenvalue weighted by molar-refractivity contribution is -0.107. The van der Waals surface area contributed by atoms with Crippen LogP contribution in [0.1, 0.15) is 5.56 Å². The van der Waals surface area contributed by atoms with Gasteiger partial charge in [-0.25, -0.2) is 4.79 Å². The van der Waals surface area contributed by atoms with Crippen molar-refractivity contribution in [2.75, 3.05) is 6.54 Å². The molecule has 0 aliphatic rings. The Morgan fingerprint density at radius 2 is 1.94 bits per heavy atom. The van der Waals surface area contributed by atoms with Gasteiger partial charge in [-0.15, -0.1) is 0 Å². The summed E-state index contributed by atoms with van der Waals surface area (Å²) in [5.41, 5.74) is 0.912. The summed E-state index contributed by atoms with van der Waals surface area (Å²) in [6, 6.07) is 13.8. The third-order valence-corrected chi connectivity index (χ3v) is 2.51. The lowest BCUT2D eigenvalue weighted by atomic mass is 10.1. The lowest BCUT2D eigenvalue weighted by Gasteiger charge is -2.06. The quantitative estimate of drug-likeness (QED) is 0.838. The van der Waals surface area contributed by atoms with Crippen molar-refractivity contribution >= 4 is 23.2 Å². The van der Waals surface area contributed by atoms with E-state index in [0.717, 1.165) is 16.3 Å². The van der Waals surface area contributed by atoms with Gasteiger partial charge in [0.25, 0.3) is 0 Å². The highest BCUT2D eigenvalue weighted by Gasteiger charge is 2.02. The molecule has 92 valence electrons. The van der Waals surface area contributed by atoms with Crippen molar-refractivity contribution in [1.29, 1.82) is 0 Å². The molecule has 0 spiro atoms. The number of nitrogens with one attached hydrogen (secondary N) is 1. The van der Waals surface area contributed by atoms with E-state index < -0.39 is 6.09 Å². The van der Waals surface area contributed by atoms with E-state index in [4.69, 9.17) is 4.74 Å². The number of carbonyl (C=O) groups excluding carboxylic acids is 2. The Morgan fingerprint density at radius 3 is 2.72 bits per heavy atom. The molecule has 0 unspecified atom stereocenters. The van der Waals surface area contributed by atoms with Crippen LogP contribution in [0.15, 0.2) is 42.5 Å². The summed E-state index contributed by atoms with van der Waals surface area (Å²) >= 11 is 0. The van der Waals surface area contributed by atoms with Crippen LogP contribution >= 0.6 is 0 Å². The molecule has 0 aliphatic carbocycles. The van der Waals surface area contributed by atoms with Gasteiger partial charge in [0.15, 0.2) is 0 Å². The third kappa shape index (κ3) is 3.07. The number of hydrogen-bond acceptors (Lipinski definition) is 3. The van der Waals surface area contributed by atoms with Crippen molar-refractivity contribution in [3.8, 4) is 0 Å². The van der Waals surface area contributed by atoms with Crippen LogP contribution in [-0.2, 0) is 16.1 Å². The molecule has 4 heteroatoms. The Kier molecular flexibility index (Phi) is 3.91. The smallest absolute Gasteiger partial charge is 0.407 e. The first-order chi connectivity index (χ1) is 8.79. The Hall–Kier alpha value is -2.36.